The predicted octanol–water partition coefficient (Wildman–Crippen LogP) is 1.84. The minimum absolute atomic E-state index is 0.00991. The third-order valence-electron chi connectivity index (χ3n) is 4.84. The molecule has 1 atom stereocenters. The van der Waals surface area contributed by atoms with Crippen molar-refractivity contribution in [2.75, 3.05) is 16.8 Å². The summed E-state index contributed by atoms with van der Waals surface area (Å²) in [6.45, 7) is 1.83. The Morgan fingerprint density at radius 3 is 2.44 bits per heavy atom. The molecule has 25 heavy (non-hydrogen) atoms. The summed E-state index contributed by atoms with van der Waals surface area (Å²) in [5.41, 5.74) is 1.00. The summed E-state index contributed by atoms with van der Waals surface area (Å²) in [5.74, 6) is 0.290. The molecule has 1 unspecified atom stereocenters. The second-order valence-corrected chi connectivity index (χ2v) is 9.35. The van der Waals surface area contributed by atoms with E-state index in [9.17, 15) is 13.2 Å². The number of nitrogens with one attached hydrogen (secondary N) is 2. The number of rotatable bonds is 4. The van der Waals surface area contributed by atoms with Crippen molar-refractivity contribution in [1.29, 1.82) is 0 Å². The Kier molecular flexibility index (Phi) is 5.56. The lowest BCUT2D eigenvalue weighted by atomic mass is 10.1. The van der Waals surface area contributed by atoms with Crippen molar-refractivity contribution in [3.05, 3.63) is 17.5 Å². The first-order valence-corrected chi connectivity index (χ1v) is 10.9. The maximum Gasteiger partial charge on any atom is 0.270 e. The van der Waals surface area contributed by atoms with E-state index in [0.717, 1.165) is 18.5 Å². The lowest BCUT2D eigenvalue weighted by Gasteiger charge is -2.17. The van der Waals surface area contributed by atoms with E-state index in [1.54, 1.807) is 6.07 Å². The van der Waals surface area contributed by atoms with E-state index in [2.05, 4.69) is 20.6 Å². The molecule has 7 nitrogen and oxygen atoms in total. The van der Waals surface area contributed by atoms with Crippen LogP contribution < -0.4 is 10.6 Å². The number of carbonyl (C=O) groups is 1. The minimum Gasteiger partial charge on any atom is -0.351 e. The van der Waals surface area contributed by atoms with Gasteiger partial charge in [0.15, 0.2) is 9.84 Å². The first-order chi connectivity index (χ1) is 11.9. The van der Waals surface area contributed by atoms with E-state index in [0.29, 0.717) is 18.4 Å². The van der Waals surface area contributed by atoms with Gasteiger partial charge >= 0.3 is 0 Å². The molecule has 0 aromatic carbocycles. The molecule has 1 aliphatic heterocycles. The van der Waals surface area contributed by atoms with Gasteiger partial charge in [-0.3, -0.25) is 4.79 Å². The van der Waals surface area contributed by atoms with Crippen LogP contribution in [0.15, 0.2) is 6.07 Å². The second kappa shape index (κ2) is 7.68. The van der Waals surface area contributed by atoms with E-state index >= 15 is 0 Å². The van der Waals surface area contributed by atoms with Crippen LogP contribution in [-0.2, 0) is 9.84 Å². The number of anilines is 1. The molecule has 3 rings (SSSR count). The van der Waals surface area contributed by atoms with Crippen molar-refractivity contribution >= 4 is 21.7 Å². The molecule has 0 bridgehead atoms. The van der Waals surface area contributed by atoms with E-state index in [1.807, 2.05) is 6.92 Å². The maximum atomic E-state index is 12.4. The minimum atomic E-state index is -3.02. The maximum absolute atomic E-state index is 12.4. The first-order valence-electron chi connectivity index (χ1n) is 9.05. The van der Waals surface area contributed by atoms with Crippen LogP contribution in [0.3, 0.4) is 0 Å². The molecule has 1 saturated carbocycles. The average Bonchev–Trinajstić information content (AvgIpc) is 2.73. The molecule has 2 fully saturated rings. The van der Waals surface area contributed by atoms with Crippen LogP contribution in [0, 0.1) is 6.92 Å². The average molecular weight is 366 g/mol. The fourth-order valence-electron chi connectivity index (χ4n) is 3.52. The highest BCUT2D eigenvalue weighted by Crippen LogP contribution is 2.20. The van der Waals surface area contributed by atoms with Crippen molar-refractivity contribution in [2.45, 2.75) is 64.0 Å². The number of hydrogen-bond acceptors (Lipinski definition) is 6. The standard InChI is InChI=1S/C17H26N4O3S/c1-12-10-15(16(22)19-14-8-9-25(23,24)11-14)21-17(18-12)20-13-6-4-2-3-5-7-13/h10,13-14H,2-9,11H2,1H3,(H,19,22)(H,18,20,21). The summed E-state index contributed by atoms with van der Waals surface area (Å²) < 4.78 is 23.1. The molecule has 1 aliphatic carbocycles. The molecular weight excluding hydrogens is 340 g/mol. The van der Waals surface area contributed by atoms with Crippen LogP contribution in [0.2, 0.25) is 0 Å². The zero-order chi connectivity index (χ0) is 17.9. The fourth-order valence-corrected chi connectivity index (χ4v) is 5.20. The van der Waals surface area contributed by atoms with Crippen molar-refractivity contribution in [2.24, 2.45) is 0 Å². The van der Waals surface area contributed by atoms with E-state index in [4.69, 9.17) is 0 Å². The fraction of sp³-hybridized carbons (Fsp3) is 0.706. The van der Waals surface area contributed by atoms with Gasteiger partial charge in [0.25, 0.3) is 5.91 Å². The predicted molar refractivity (Wildman–Crippen MR) is 96.4 cm³/mol. The molecule has 1 aromatic heterocycles. The highest BCUT2D eigenvalue weighted by molar-refractivity contribution is 7.91. The number of carbonyl (C=O) groups excluding carboxylic acids is 1. The van der Waals surface area contributed by atoms with Crippen LogP contribution in [0.4, 0.5) is 5.95 Å². The molecule has 1 amide bonds. The number of amides is 1. The van der Waals surface area contributed by atoms with Crippen LogP contribution in [0.5, 0.6) is 0 Å². The van der Waals surface area contributed by atoms with Crippen LogP contribution in [0.1, 0.15) is 61.1 Å². The smallest absolute Gasteiger partial charge is 0.270 e. The number of sulfone groups is 1. The highest BCUT2D eigenvalue weighted by Gasteiger charge is 2.29. The van der Waals surface area contributed by atoms with E-state index < -0.39 is 9.84 Å². The second-order valence-electron chi connectivity index (χ2n) is 7.12. The summed E-state index contributed by atoms with van der Waals surface area (Å²) in [6.07, 6.45) is 7.60. The van der Waals surface area contributed by atoms with Gasteiger partial charge in [-0.1, -0.05) is 25.7 Å². The Morgan fingerprint density at radius 2 is 1.80 bits per heavy atom. The molecule has 2 heterocycles. The quantitative estimate of drug-likeness (QED) is 0.789. The lowest BCUT2D eigenvalue weighted by Crippen LogP contribution is -2.36. The normalized spacial score (nSPS) is 23.8. The number of nitrogens with zero attached hydrogens (tertiary/aromatic N) is 2. The number of aryl methyl sites for hydroxylation is 1. The van der Waals surface area contributed by atoms with Gasteiger partial charge in [0.2, 0.25) is 5.95 Å². The summed E-state index contributed by atoms with van der Waals surface area (Å²) in [4.78, 5) is 21.2. The van der Waals surface area contributed by atoms with Gasteiger partial charge in [-0.2, -0.15) is 0 Å². The Morgan fingerprint density at radius 1 is 1.08 bits per heavy atom. The van der Waals surface area contributed by atoms with Gasteiger partial charge in [0.1, 0.15) is 5.69 Å². The van der Waals surface area contributed by atoms with Crippen molar-refractivity contribution in [3.63, 3.8) is 0 Å². The van der Waals surface area contributed by atoms with Gasteiger partial charge < -0.3 is 10.6 Å². The number of aromatic nitrogens is 2. The van der Waals surface area contributed by atoms with Crippen LogP contribution in [-0.4, -0.2) is 47.9 Å². The van der Waals surface area contributed by atoms with Gasteiger partial charge in [0, 0.05) is 17.8 Å². The molecule has 8 heteroatoms. The lowest BCUT2D eigenvalue weighted by molar-refractivity contribution is 0.0936. The Labute approximate surface area is 148 Å². The topological polar surface area (TPSA) is 101 Å². The van der Waals surface area contributed by atoms with Gasteiger partial charge in [-0.15, -0.1) is 0 Å². The Balaban J connectivity index is 1.67. The van der Waals surface area contributed by atoms with Crippen molar-refractivity contribution in [3.8, 4) is 0 Å². The third-order valence-corrected chi connectivity index (χ3v) is 6.61. The molecular formula is C17H26N4O3S. The summed E-state index contributed by atoms with van der Waals surface area (Å²) >= 11 is 0. The monoisotopic (exact) mass is 366 g/mol. The van der Waals surface area contributed by atoms with Crippen LogP contribution in [0.25, 0.3) is 0 Å². The molecule has 1 aromatic rings. The molecule has 1 saturated heterocycles. The molecule has 0 radical (unpaired) electrons. The van der Waals surface area contributed by atoms with Gasteiger partial charge in [-0.25, -0.2) is 18.4 Å². The highest BCUT2D eigenvalue weighted by atomic mass is 32.2. The van der Waals surface area contributed by atoms with E-state index in [1.165, 1.54) is 25.7 Å². The largest absolute Gasteiger partial charge is 0.351 e. The zero-order valence-electron chi connectivity index (χ0n) is 14.6. The van der Waals surface area contributed by atoms with Gasteiger partial charge in [0.05, 0.1) is 11.5 Å². The van der Waals surface area contributed by atoms with E-state index in [-0.39, 0.29) is 29.1 Å². The zero-order valence-corrected chi connectivity index (χ0v) is 15.4. The number of hydrogen-bond donors (Lipinski definition) is 2. The van der Waals surface area contributed by atoms with Crippen molar-refractivity contribution < 1.29 is 13.2 Å². The molecule has 138 valence electrons. The third kappa shape index (κ3) is 5.14. The first kappa shape index (κ1) is 18.1. The van der Waals surface area contributed by atoms with Crippen molar-refractivity contribution in [1.82, 2.24) is 15.3 Å². The summed E-state index contributed by atoms with van der Waals surface area (Å²) in [6, 6.07) is 1.66. The molecule has 2 N–H and O–H groups in total. The SMILES string of the molecule is Cc1cc(C(=O)NC2CCS(=O)(=O)C2)nc(NC2CCCCCC2)n1. The summed E-state index contributed by atoms with van der Waals surface area (Å²) in [5, 5.41) is 6.15. The Bertz CT molecular complexity index is 727. The molecule has 2 aliphatic rings. The van der Waals surface area contributed by atoms with Crippen LogP contribution >= 0.6 is 0 Å². The molecule has 0 spiro atoms. The summed E-state index contributed by atoms with van der Waals surface area (Å²) in [7, 11) is -3.02. The van der Waals surface area contributed by atoms with Gasteiger partial charge in [-0.05, 0) is 32.3 Å². The Hall–Kier alpha value is -1.70.